The van der Waals surface area contributed by atoms with E-state index in [0.717, 1.165) is 34.2 Å². The molecule has 0 bridgehead atoms. The van der Waals surface area contributed by atoms with Crippen molar-refractivity contribution < 1.29 is 41.1 Å². The molecule has 0 spiro atoms. The Morgan fingerprint density at radius 1 is 0.782 bits per heavy atom. The van der Waals surface area contributed by atoms with Gasteiger partial charge in [0.05, 0.1) is 37.7 Å². The van der Waals surface area contributed by atoms with Crippen molar-refractivity contribution in [2.24, 2.45) is 9.39 Å². The number of aryl methyl sites for hydroxylation is 2. The van der Waals surface area contributed by atoms with Gasteiger partial charge >= 0.3 is 0 Å². The number of anilines is 2. The van der Waals surface area contributed by atoms with E-state index in [1.54, 1.807) is 72.8 Å². The van der Waals surface area contributed by atoms with Crippen LogP contribution in [0.25, 0.3) is 5.57 Å². The molecule has 1 fully saturated rings. The summed E-state index contributed by atoms with van der Waals surface area (Å²) >= 11 is 1.96. The van der Waals surface area contributed by atoms with Gasteiger partial charge in [-0.3, -0.25) is 23.9 Å². The first-order chi connectivity index (χ1) is 26.1. The molecule has 55 heavy (non-hydrogen) atoms. The quantitative estimate of drug-likeness (QED) is 0.182. The number of hydrogen-bond acceptors (Lipinski definition) is 12. The molecule has 1 saturated heterocycles. The summed E-state index contributed by atoms with van der Waals surface area (Å²) in [5.41, 5.74) is 3.20. The molecule has 19 heteroatoms. The summed E-state index contributed by atoms with van der Waals surface area (Å²) in [6, 6.07) is 26.5. The molecule has 1 aromatic heterocycles. The summed E-state index contributed by atoms with van der Waals surface area (Å²) in [4.78, 5) is 53.1. The molecule has 4 aromatic carbocycles. The molecular formula is C36H28N6O9S4. The zero-order chi connectivity index (χ0) is 39.5. The fourth-order valence-electron chi connectivity index (χ4n) is 5.03. The second-order valence-electron chi connectivity index (χ2n) is 11.7. The summed E-state index contributed by atoms with van der Waals surface area (Å²) in [5, 5.41) is 16.2. The number of rotatable bonds is 6. The van der Waals surface area contributed by atoms with Crippen LogP contribution < -0.4 is 25.9 Å². The standard InChI is InChI=1S/C18H13N3O4S2.C10H10N2O3S2.C8H5NO2/c1-10-6-8-11(9-7-10)27(24,25)21-18-20-17(23)15(26-18)14-12-4-2-3-5-13(12)19-16(14)22;1-7-2-4-8(5-3-7)17(14,15)12-10-11-9(13)6-16-10;10-7-5-3-1-2-4-6(5)9-8(7)11/h2-9,23H,1H3,(H,20,21);2-5H,6H2,1H3,(H,11,12,13);1-4H,(H,9,10,11). The lowest BCUT2D eigenvalue weighted by Crippen LogP contribution is -2.22. The van der Waals surface area contributed by atoms with Crippen molar-refractivity contribution in [1.29, 1.82) is 0 Å². The van der Waals surface area contributed by atoms with Gasteiger partial charge in [0.2, 0.25) is 16.9 Å². The molecule has 280 valence electrons. The average molecular weight is 817 g/mol. The summed E-state index contributed by atoms with van der Waals surface area (Å²) in [6.07, 6.45) is 0. The first-order valence-corrected chi connectivity index (χ1v) is 20.6. The number of benzene rings is 4. The molecule has 15 nitrogen and oxygen atoms in total. The third-order valence-electron chi connectivity index (χ3n) is 7.73. The molecule has 8 rings (SSSR count). The summed E-state index contributed by atoms with van der Waals surface area (Å²) in [5.74, 6) is -1.91. The second-order valence-corrected chi connectivity index (χ2v) is 17.0. The number of para-hydroxylation sites is 2. The number of aromatic nitrogens is 1. The van der Waals surface area contributed by atoms with Crippen LogP contribution in [0.5, 0.6) is 5.88 Å². The van der Waals surface area contributed by atoms with E-state index in [-0.39, 0.29) is 42.2 Å². The van der Waals surface area contributed by atoms with Gasteiger partial charge in [0.1, 0.15) is 4.88 Å². The van der Waals surface area contributed by atoms with Crippen molar-refractivity contribution in [2.45, 2.75) is 23.6 Å². The number of fused-ring (bicyclic) bond motifs is 2. The largest absolute Gasteiger partial charge is 0.492 e. The lowest BCUT2D eigenvalue weighted by molar-refractivity contribution is -0.117. The highest BCUT2D eigenvalue weighted by Gasteiger charge is 2.28. The van der Waals surface area contributed by atoms with Crippen LogP contribution >= 0.6 is 23.1 Å². The van der Waals surface area contributed by atoms with Crippen LogP contribution in [0.3, 0.4) is 0 Å². The van der Waals surface area contributed by atoms with Crippen LogP contribution in [0, 0.1) is 13.8 Å². The SMILES string of the molecule is Cc1ccc(S(=O)(=O)N=C2NC(=O)CS2)cc1.Cc1ccc(S(=O)(=O)Nc2nc(O)c(C3=c4ccccc4=NC3=O)s2)cc1.O=C1Nc2ccccc2C1=O. The van der Waals surface area contributed by atoms with Crippen molar-refractivity contribution >= 4 is 88.2 Å². The number of nitrogens with zero attached hydrogens (tertiary/aromatic N) is 3. The van der Waals surface area contributed by atoms with Gasteiger partial charge in [-0.15, -0.1) is 4.40 Å². The third kappa shape index (κ3) is 8.86. The van der Waals surface area contributed by atoms with Crippen LogP contribution in [0.2, 0.25) is 0 Å². The van der Waals surface area contributed by atoms with Crippen LogP contribution in [-0.4, -0.2) is 61.4 Å². The number of aromatic hydroxyl groups is 1. The van der Waals surface area contributed by atoms with Crippen molar-refractivity contribution in [2.75, 3.05) is 15.8 Å². The highest BCUT2D eigenvalue weighted by Crippen LogP contribution is 2.35. The monoisotopic (exact) mass is 816 g/mol. The lowest BCUT2D eigenvalue weighted by atomic mass is 10.1. The van der Waals surface area contributed by atoms with E-state index in [0.29, 0.717) is 21.8 Å². The van der Waals surface area contributed by atoms with Crippen molar-refractivity contribution in [1.82, 2.24) is 10.3 Å². The molecule has 0 atom stereocenters. The fraction of sp³-hybridized carbons (Fsp3) is 0.0833. The topological polar surface area (TPSA) is 230 Å². The molecule has 3 amide bonds. The molecule has 3 aliphatic heterocycles. The minimum atomic E-state index is -3.86. The molecule has 5 aromatic rings. The Kier molecular flexibility index (Phi) is 11.1. The number of sulfonamides is 2. The smallest absolute Gasteiger partial charge is 0.296 e. The maximum Gasteiger partial charge on any atom is 0.296 e. The first-order valence-electron chi connectivity index (χ1n) is 15.9. The van der Waals surface area contributed by atoms with Crippen LogP contribution in [0.15, 0.2) is 116 Å². The molecule has 0 aliphatic carbocycles. The summed E-state index contributed by atoms with van der Waals surface area (Å²) < 4.78 is 54.6. The van der Waals surface area contributed by atoms with E-state index in [1.165, 1.54) is 24.3 Å². The Balaban J connectivity index is 0.000000156. The van der Waals surface area contributed by atoms with E-state index in [1.807, 2.05) is 13.8 Å². The minimum Gasteiger partial charge on any atom is -0.492 e. The number of carbonyl (C=O) groups excluding carboxylic acids is 4. The molecule has 0 saturated carbocycles. The second kappa shape index (κ2) is 15.8. The van der Waals surface area contributed by atoms with Gasteiger partial charge < -0.3 is 15.7 Å². The number of Topliss-reactive ketones (excluding diaryl/α,β-unsaturated/α-hetero) is 1. The van der Waals surface area contributed by atoms with Crippen molar-refractivity contribution in [3.63, 3.8) is 0 Å². The summed E-state index contributed by atoms with van der Waals surface area (Å²) in [6.45, 7) is 3.73. The maximum absolute atomic E-state index is 12.5. The average Bonchev–Trinajstić information content (AvgIpc) is 3.88. The van der Waals surface area contributed by atoms with Gasteiger partial charge in [-0.05, 0) is 56.3 Å². The van der Waals surface area contributed by atoms with E-state index in [9.17, 15) is 41.1 Å². The Bertz CT molecular complexity index is 2770. The Hall–Kier alpha value is -6.02. The number of hydrogen-bond donors (Lipinski definition) is 4. The predicted octanol–water partition coefficient (Wildman–Crippen LogP) is 3.04. The number of thioether (sulfide) groups is 1. The molecule has 0 radical (unpaired) electrons. The van der Waals surface area contributed by atoms with Crippen molar-refractivity contribution in [3.05, 3.63) is 129 Å². The molecule has 4 heterocycles. The Morgan fingerprint density at radius 3 is 2.04 bits per heavy atom. The maximum atomic E-state index is 12.5. The lowest BCUT2D eigenvalue weighted by Gasteiger charge is -2.05. The Morgan fingerprint density at radius 2 is 1.40 bits per heavy atom. The van der Waals surface area contributed by atoms with Gasteiger partial charge in [0.25, 0.3) is 37.6 Å². The molecule has 4 N–H and O–H groups in total. The zero-order valence-corrected chi connectivity index (χ0v) is 31.9. The van der Waals surface area contributed by atoms with Gasteiger partial charge in [-0.25, -0.2) is 13.4 Å². The number of amides is 3. The van der Waals surface area contributed by atoms with Gasteiger partial charge in [0, 0.05) is 5.22 Å². The van der Waals surface area contributed by atoms with Gasteiger partial charge in [0.15, 0.2) is 5.17 Å². The van der Waals surface area contributed by atoms with E-state index >= 15 is 0 Å². The highest BCUT2D eigenvalue weighted by molar-refractivity contribution is 8.15. The van der Waals surface area contributed by atoms with Crippen LogP contribution in [0.4, 0.5) is 10.8 Å². The molecular weight excluding hydrogens is 789 g/mol. The number of nitrogens with one attached hydrogen (secondary N) is 3. The minimum absolute atomic E-state index is 0.0345. The molecule has 3 aliphatic rings. The number of amidine groups is 1. The number of thiazole rings is 1. The Labute approximate surface area is 322 Å². The van der Waals surface area contributed by atoms with E-state index < -0.39 is 43.5 Å². The van der Waals surface area contributed by atoms with Crippen LogP contribution in [-0.2, 0) is 34.4 Å². The van der Waals surface area contributed by atoms with Crippen LogP contribution in [0.1, 0.15) is 26.4 Å². The first kappa shape index (κ1) is 38.7. The fourth-order valence-corrected chi connectivity index (χ4v) is 9.06. The number of carbonyl (C=O) groups is 4. The van der Waals surface area contributed by atoms with E-state index in [4.69, 9.17) is 0 Å². The highest BCUT2D eigenvalue weighted by atomic mass is 32.2. The molecule has 0 unspecified atom stereocenters. The normalized spacial score (nSPS) is 15.2. The van der Waals surface area contributed by atoms with Gasteiger partial charge in [-0.1, -0.05) is 88.8 Å². The summed E-state index contributed by atoms with van der Waals surface area (Å²) in [7, 11) is -7.59. The predicted molar refractivity (Wildman–Crippen MR) is 206 cm³/mol. The van der Waals surface area contributed by atoms with Gasteiger partial charge in [-0.2, -0.15) is 13.4 Å². The van der Waals surface area contributed by atoms with Crippen molar-refractivity contribution in [3.8, 4) is 5.88 Å². The van der Waals surface area contributed by atoms with E-state index in [2.05, 4.69) is 29.7 Å². The third-order valence-corrected chi connectivity index (χ3v) is 12.5. The zero-order valence-electron chi connectivity index (χ0n) is 28.6. The number of ketones is 1.